The first kappa shape index (κ1) is 21.0. The summed E-state index contributed by atoms with van der Waals surface area (Å²) in [5.74, 6) is -1.53. The van der Waals surface area contributed by atoms with Crippen molar-refractivity contribution >= 4 is 34.9 Å². The minimum Gasteiger partial charge on any atom is -0.495 e. The third-order valence-electron chi connectivity index (χ3n) is 4.76. The maximum atomic E-state index is 12.4. The average Bonchev–Trinajstić information content (AvgIpc) is 3.14. The van der Waals surface area contributed by atoms with Gasteiger partial charge in [0.05, 0.1) is 18.7 Å². The molecular formula is C22H22N2O6. The first-order valence-electron chi connectivity index (χ1n) is 9.40. The van der Waals surface area contributed by atoms with E-state index >= 15 is 0 Å². The molecule has 1 heterocycles. The first-order chi connectivity index (χ1) is 14.4. The summed E-state index contributed by atoms with van der Waals surface area (Å²) in [4.78, 5) is 49.5. The van der Waals surface area contributed by atoms with Crippen molar-refractivity contribution in [2.45, 2.75) is 13.3 Å². The fourth-order valence-electron chi connectivity index (χ4n) is 3.19. The number of methoxy groups -OCH3 is 1. The zero-order valence-electron chi connectivity index (χ0n) is 16.7. The van der Waals surface area contributed by atoms with Crippen LogP contribution in [0.25, 0.3) is 0 Å². The maximum Gasteiger partial charge on any atom is 0.311 e. The smallest absolute Gasteiger partial charge is 0.311 e. The predicted molar refractivity (Wildman–Crippen MR) is 109 cm³/mol. The lowest BCUT2D eigenvalue weighted by Gasteiger charge is -2.19. The van der Waals surface area contributed by atoms with Gasteiger partial charge in [0.25, 0.3) is 5.91 Å². The minimum atomic E-state index is -0.662. The second kappa shape index (κ2) is 9.21. The van der Waals surface area contributed by atoms with Crippen LogP contribution in [0, 0.1) is 5.92 Å². The lowest BCUT2D eigenvalue weighted by atomic mass is 10.1. The van der Waals surface area contributed by atoms with Crippen molar-refractivity contribution in [3.63, 3.8) is 0 Å². The minimum absolute atomic E-state index is 0.00497. The van der Waals surface area contributed by atoms with E-state index in [9.17, 15) is 19.2 Å². The Hall–Kier alpha value is -3.68. The van der Waals surface area contributed by atoms with Gasteiger partial charge in [0.1, 0.15) is 5.75 Å². The molecule has 0 radical (unpaired) electrons. The van der Waals surface area contributed by atoms with Gasteiger partial charge >= 0.3 is 5.97 Å². The Balaban J connectivity index is 1.53. The molecule has 2 aromatic carbocycles. The highest BCUT2D eigenvalue weighted by Crippen LogP contribution is 2.33. The van der Waals surface area contributed by atoms with Crippen molar-refractivity contribution < 1.29 is 28.7 Å². The second-order valence-electron chi connectivity index (χ2n) is 6.87. The van der Waals surface area contributed by atoms with Crippen molar-refractivity contribution in [1.29, 1.82) is 0 Å². The summed E-state index contributed by atoms with van der Waals surface area (Å²) < 4.78 is 10.4. The van der Waals surface area contributed by atoms with E-state index in [1.54, 1.807) is 48.5 Å². The number of para-hydroxylation sites is 2. The zero-order chi connectivity index (χ0) is 21.7. The van der Waals surface area contributed by atoms with Gasteiger partial charge in [0, 0.05) is 24.2 Å². The highest BCUT2D eigenvalue weighted by molar-refractivity contribution is 6.01. The summed E-state index contributed by atoms with van der Waals surface area (Å²) in [6, 6.07) is 13.4. The molecule has 1 aliphatic heterocycles. The number of ether oxygens (including phenoxy) is 2. The van der Waals surface area contributed by atoms with E-state index in [2.05, 4.69) is 5.32 Å². The van der Waals surface area contributed by atoms with Crippen molar-refractivity contribution in [2.75, 3.05) is 30.5 Å². The van der Waals surface area contributed by atoms with Gasteiger partial charge in [-0.15, -0.1) is 0 Å². The van der Waals surface area contributed by atoms with E-state index in [4.69, 9.17) is 9.47 Å². The SMILES string of the molecule is COc1ccccc1N1C[C@@H](C(=O)OCC(=O)Nc2ccc(C(C)=O)cc2)CC1=O. The Morgan fingerprint density at radius 3 is 2.47 bits per heavy atom. The molecule has 0 bridgehead atoms. The molecule has 3 rings (SSSR count). The van der Waals surface area contributed by atoms with Crippen LogP contribution in [0.4, 0.5) is 11.4 Å². The number of carbonyl (C=O) groups excluding carboxylic acids is 4. The van der Waals surface area contributed by atoms with Crippen LogP contribution in [0.2, 0.25) is 0 Å². The van der Waals surface area contributed by atoms with Gasteiger partial charge in [-0.25, -0.2) is 0 Å². The molecule has 156 valence electrons. The van der Waals surface area contributed by atoms with Crippen molar-refractivity contribution in [1.82, 2.24) is 0 Å². The lowest BCUT2D eigenvalue weighted by Crippen LogP contribution is -2.28. The molecule has 0 aromatic heterocycles. The van der Waals surface area contributed by atoms with Gasteiger partial charge in [-0.2, -0.15) is 0 Å². The summed E-state index contributed by atoms with van der Waals surface area (Å²) in [7, 11) is 1.51. The zero-order valence-corrected chi connectivity index (χ0v) is 16.7. The van der Waals surface area contributed by atoms with E-state index < -0.39 is 24.4 Å². The lowest BCUT2D eigenvalue weighted by molar-refractivity contribution is -0.151. The van der Waals surface area contributed by atoms with Crippen molar-refractivity contribution in [2.24, 2.45) is 5.92 Å². The van der Waals surface area contributed by atoms with Gasteiger partial charge in [-0.05, 0) is 43.3 Å². The normalized spacial score (nSPS) is 15.6. The van der Waals surface area contributed by atoms with E-state index in [0.29, 0.717) is 22.7 Å². The van der Waals surface area contributed by atoms with Crippen molar-refractivity contribution in [3.8, 4) is 5.75 Å². The molecule has 1 saturated heterocycles. The Kier molecular flexibility index (Phi) is 6.46. The highest BCUT2D eigenvalue weighted by Gasteiger charge is 2.37. The summed E-state index contributed by atoms with van der Waals surface area (Å²) >= 11 is 0. The molecule has 0 aliphatic carbocycles. The number of nitrogens with one attached hydrogen (secondary N) is 1. The topological polar surface area (TPSA) is 102 Å². The molecule has 8 nitrogen and oxygen atoms in total. The number of esters is 1. The molecule has 2 amide bonds. The Morgan fingerprint density at radius 1 is 1.10 bits per heavy atom. The number of carbonyl (C=O) groups is 4. The van der Waals surface area contributed by atoms with Crippen LogP contribution in [0.3, 0.4) is 0 Å². The van der Waals surface area contributed by atoms with Crippen LogP contribution >= 0.6 is 0 Å². The highest BCUT2D eigenvalue weighted by atomic mass is 16.5. The summed E-state index contributed by atoms with van der Waals surface area (Å²) in [6.45, 7) is 1.15. The van der Waals surface area contributed by atoms with Gasteiger partial charge in [-0.3, -0.25) is 19.2 Å². The molecule has 2 aromatic rings. The van der Waals surface area contributed by atoms with Crippen LogP contribution < -0.4 is 15.0 Å². The first-order valence-corrected chi connectivity index (χ1v) is 9.40. The largest absolute Gasteiger partial charge is 0.495 e. The molecular weight excluding hydrogens is 388 g/mol. The van der Waals surface area contributed by atoms with Crippen molar-refractivity contribution in [3.05, 3.63) is 54.1 Å². The van der Waals surface area contributed by atoms with Gasteiger partial charge < -0.3 is 19.7 Å². The number of ketones is 1. The summed E-state index contributed by atoms with van der Waals surface area (Å²) in [6.07, 6.45) is 0.00497. The third-order valence-corrected chi connectivity index (χ3v) is 4.76. The summed E-state index contributed by atoms with van der Waals surface area (Å²) in [5, 5.41) is 2.59. The fourth-order valence-corrected chi connectivity index (χ4v) is 3.19. The average molecular weight is 410 g/mol. The number of benzene rings is 2. The molecule has 1 atom stereocenters. The molecule has 30 heavy (non-hydrogen) atoms. The maximum absolute atomic E-state index is 12.4. The monoisotopic (exact) mass is 410 g/mol. The molecule has 1 N–H and O–H groups in total. The van der Waals surface area contributed by atoms with Crippen LogP contribution in [0.5, 0.6) is 5.75 Å². The van der Waals surface area contributed by atoms with E-state index in [1.807, 2.05) is 0 Å². The molecule has 0 spiro atoms. The molecule has 0 saturated carbocycles. The van der Waals surface area contributed by atoms with E-state index in [0.717, 1.165) is 0 Å². The molecule has 1 aliphatic rings. The Bertz CT molecular complexity index is 970. The second-order valence-corrected chi connectivity index (χ2v) is 6.87. The quantitative estimate of drug-likeness (QED) is 0.556. The van der Waals surface area contributed by atoms with Crippen LogP contribution in [-0.2, 0) is 19.1 Å². The number of amides is 2. The Labute approximate surface area is 173 Å². The van der Waals surface area contributed by atoms with Gasteiger partial charge in [0.2, 0.25) is 5.91 Å². The number of Topliss-reactive ketones (excluding diaryl/α,β-unsaturated/α-hetero) is 1. The van der Waals surface area contributed by atoms with Crippen LogP contribution in [0.15, 0.2) is 48.5 Å². The fraction of sp³-hybridized carbons (Fsp3) is 0.273. The third kappa shape index (κ3) is 4.83. The van der Waals surface area contributed by atoms with Crippen LogP contribution in [0.1, 0.15) is 23.7 Å². The van der Waals surface area contributed by atoms with Crippen LogP contribution in [-0.4, -0.2) is 43.8 Å². The number of anilines is 2. The number of rotatable bonds is 7. The molecule has 0 unspecified atom stereocenters. The number of hydrogen-bond donors (Lipinski definition) is 1. The summed E-state index contributed by atoms with van der Waals surface area (Å²) in [5.41, 5.74) is 1.61. The number of nitrogens with zero attached hydrogens (tertiary/aromatic N) is 1. The van der Waals surface area contributed by atoms with Gasteiger partial charge in [-0.1, -0.05) is 12.1 Å². The molecule has 1 fully saturated rings. The molecule has 8 heteroatoms. The Morgan fingerprint density at radius 2 is 1.80 bits per heavy atom. The standard InChI is InChI=1S/C22H22N2O6/c1-14(25)15-7-9-17(10-8-15)23-20(26)13-30-22(28)16-11-21(27)24(12-16)18-5-3-4-6-19(18)29-2/h3-10,16H,11-13H2,1-2H3,(H,23,26)/t16-/m0/s1. The predicted octanol–water partition coefficient (Wildman–Crippen LogP) is 2.43. The van der Waals surface area contributed by atoms with E-state index in [-0.39, 0.29) is 24.7 Å². The number of hydrogen-bond acceptors (Lipinski definition) is 6. The van der Waals surface area contributed by atoms with Gasteiger partial charge in [0.15, 0.2) is 12.4 Å². The van der Waals surface area contributed by atoms with E-state index in [1.165, 1.54) is 18.9 Å².